The summed E-state index contributed by atoms with van der Waals surface area (Å²) in [7, 11) is 1.55. The SMILES string of the molecule is CCCn1c(O)c(N=NC(=O)CCNC(=O)c2ccccc2Br)c2cc(OC)ccc21. The molecule has 0 saturated heterocycles. The summed E-state index contributed by atoms with van der Waals surface area (Å²) >= 11 is 3.32. The smallest absolute Gasteiger partial charge is 0.266 e. The summed E-state index contributed by atoms with van der Waals surface area (Å²) in [5.41, 5.74) is 1.48. The first-order valence-electron chi connectivity index (χ1n) is 9.82. The van der Waals surface area contributed by atoms with Crippen LogP contribution in [-0.4, -0.2) is 35.1 Å². The molecule has 3 rings (SSSR count). The van der Waals surface area contributed by atoms with Crippen LogP contribution in [0.1, 0.15) is 30.1 Å². The van der Waals surface area contributed by atoms with E-state index >= 15 is 0 Å². The molecule has 162 valence electrons. The van der Waals surface area contributed by atoms with Crippen LogP contribution in [0.4, 0.5) is 5.69 Å². The number of aryl methyl sites for hydroxylation is 1. The Morgan fingerprint density at radius 3 is 2.71 bits per heavy atom. The molecular formula is C22H23BrN4O4. The van der Waals surface area contributed by atoms with Gasteiger partial charge in [0.05, 0.1) is 18.2 Å². The maximum atomic E-state index is 12.2. The van der Waals surface area contributed by atoms with Gasteiger partial charge in [0.25, 0.3) is 11.8 Å². The van der Waals surface area contributed by atoms with E-state index in [9.17, 15) is 14.7 Å². The molecule has 0 fully saturated rings. The van der Waals surface area contributed by atoms with Gasteiger partial charge in [-0.15, -0.1) is 10.2 Å². The largest absolute Gasteiger partial charge is 0.497 e. The first-order chi connectivity index (χ1) is 15.0. The lowest BCUT2D eigenvalue weighted by Gasteiger charge is -2.05. The number of nitrogens with zero attached hydrogens (tertiary/aromatic N) is 3. The number of fused-ring (bicyclic) bond motifs is 1. The molecule has 2 amide bonds. The van der Waals surface area contributed by atoms with Crippen molar-refractivity contribution in [2.45, 2.75) is 26.3 Å². The number of carbonyl (C=O) groups is 2. The minimum atomic E-state index is -0.508. The second-order valence-corrected chi connectivity index (χ2v) is 7.64. The molecule has 0 unspecified atom stereocenters. The Kier molecular flexibility index (Phi) is 7.41. The van der Waals surface area contributed by atoms with E-state index in [1.165, 1.54) is 0 Å². The van der Waals surface area contributed by atoms with Crippen LogP contribution in [0.5, 0.6) is 11.6 Å². The van der Waals surface area contributed by atoms with Gasteiger partial charge in [-0.05, 0) is 52.7 Å². The molecule has 3 aromatic rings. The predicted molar refractivity (Wildman–Crippen MR) is 121 cm³/mol. The molecule has 2 aromatic carbocycles. The third-order valence-electron chi connectivity index (χ3n) is 4.67. The first-order valence-corrected chi connectivity index (χ1v) is 10.6. The fourth-order valence-corrected chi connectivity index (χ4v) is 3.62. The van der Waals surface area contributed by atoms with Crippen molar-refractivity contribution in [3.63, 3.8) is 0 Å². The Bertz CT molecular complexity index is 1140. The average molecular weight is 487 g/mol. The molecule has 0 aliphatic rings. The number of aromatic nitrogens is 1. The highest BCUT2D eigenvalue weighted by molar-refractivity contribution is 9.10. The third-order valence-corrected chi connectivity index (χ3v) is 5.36. The van der Waals surface area contributed by atoms with E-state index in [-0.39, 0.29) is 30.4 Å². The van der Waals surface area contributed by atoms with Gasteiger partial charge < -0.3 is 19.7 Å². The van der Waals surface area contributed by atoms with E-state index in [1.54, 1.807) is 42.0 Å². The highest BCUT2D eigenvalue weighted by Crippen LogP contribution is 2.40. The standard InChI is InChI=1S/C22H23BrN4O4/c1-3-12-27-18-9-8-14(31-2)13-16(18)20(22(27)30)26-25-19(28)10-11-24-21(29)15-6-4-5-7-17(15)23/h4-9,13,30H,3,10-12H2,1-2H3,(H,24,29). The van der Waals surface area contributed by atoms with Crippen LogP contribution >= 0.6 is 15.9 Å². The van der Waals surface area contributed by atoms with E-state index in [0.717, 1.165) is 11.9 Å². The van der Waals surface area contributed by atoms with Gasteiger partial charge in [-0.3, -0.25) is 9.59 Å². The molecule has 1 heterocycles. The number of carbonyl (C=O) groups excluding carboxylic acids is 2. The molecule has 0 saturated carbocycles. The summed E-state index contributed by atoms with van der Waals surface area (Å²) < 4.78 is 7.66. The topological polar surface area (TPSA) is 105 Å². The molecule has 2 N–H and O–H groups in total. The van der Waals surface area contributed by atoms with E-state index in [0.29, 0.717) is 27.7 Å². The van der Waals surface area contributed by atoms with Crippen molar-refractivity contribution < 1.29 is 19.4 Å². The second-order valence-electron chi connectivity index (χ2n) is 6.79. The quantitative estimate of drug-likeness (QED) is 0.438. The Morgan fingerprint density at radius 1 is 1.23 bits per heavy atom. The molecule has 0 spiro atoms. The van der Waals surface area contributed by atoms with Gasteiger partial charge in [-0.25, -0.2) is 0 Å². The molecule has 0 bridgehead atoms. The number of amides is 2. The molecule has 1 aromatic heterocycles. The lowest BCUT2D eigenvalue weighted by molar-refractivity contribution is -0.118. The van der Waals surface area contributed by atoms with E-state index < -0.39 is 5.91 Å². The third kappa shape index (κ3) is 5.11. The highest BCUT2D eigenvalue weighted by atomic mass is 79.9. The lowest BCUT2D eigenvalue weighted by Crippen LogP contribution is -2.26. The summed E-state index contributed by atoms with van der Waals surface area (Å²) in [6.07, 6.45) is 0.799. The molecule has 9 heteroatoms. The van der Waals surface area contributed by atoms with E-state index in [1.807, 2.05) is 19.1 Å². The van der Waals surface area contributed by atoms with Crippen LogP contribution in [0.2, 0.25) is 0 Å². The monoisotopic (exact) mass is 486 g/mol. The number of halogens is 1. The number of azo groups is 1. The van der Waals surface area contributed by atoms with Crippen LogP contribution in [0.3, 0.4) is 0 Å². The van der Waals surface area contributed by atoms with Gasteiger partial charge in [-0.2, -0.15) is 0 Å². The van der Waals surface area contributed by atoms with Gasteiger partial charge in [0.2, 0.25) is 5.88 Å². The van der Waals surface area contributed by atoms with E-state index in [4.69, 9.17) is 4.74 Å². The number of aromatic hydroxyl groups is 1. The molecule has 31 heavy (non-hydrogen) atoms. The fourth-order valence-electron chi connectivity index (χ4n) is 3.16. The lowest BCUT2D eigenvalue weighted by atomic mass is 10.2. The zero-order valence-electron chi connectivity index (χ0n) is 17.3. The molecular weight excluding hydrogens is 464 g/mol. The number of nitrogens with one attached hydrogen (secondary N) is 1. The Morgan fingerprint density at radius 2 is 2.00 bits per heavy atom. The molecule has 0 radical (unpaired) electrons. The van der Waals surface area contributed by atoms with Crippen molar-refractivity contribution in [3.8, 4) is 11.6 Å². The minimum absolute atomic E-state index is 0.0165. The fraction of sp³-hybridized carbons (Fsp3) is 0.273. The van der Waals surface area contributed by atoms with Crippen LogP contribution in [0.25, 0.3) is 10.9 Å². The summed E-state index contributed by atoms with van der Waals surface area (Å²) in [5, 5.41) is 21.7. The zero-order chi connectivity index (χ0) is 22.4. The average Bonchev–Trinajstić information content (AvgIpc) is 3.03. The van der Waals surface area contributed by atoms with Crippen molar-refractivity contribution in [3.05, 3.63) is 52.5 Å². The van der Waals surface area contributed by atoms with Crippen molar-refractivity contribution in [1.29, 1.82) is 0 Å². The van der Waals surface area contributed by atoms with Gasteiger partial charge in [0.15, 0.2) is 5.69 Å². The normalized spacial score (nSPS) is 11.2. The summed E-state index contributed by atoms with van der Waals surface area (Å²) in [4.78, 5) is 24.4. The van der Waals surface area contributed by atoms with Crippen LogP contribution < -0.4 is 10.1 Å². The van der Waals surface area contributed by atoms with E-state index in [2.05, 4.69) is 31.5 Å². The van der Waals surface area contributed by atoms with Crippen molar-refractivity contribution in [1.82, 2.24) is 9.88 Å². The molecule has 0 aliphatic carbocycles. The maximum absolute atomic E-state index is 12.2. The number of rotatable bonds is 8. The summed E-state index contributed by atoms with van der Waals surface area (Å²) in [6.45, 7) is 2.72. The summed E-state index contributed by atoms with van der Waals surface area (Å²) in [6, 6.07) is 12.4. The Hall–Kier alpha value is -3.20. The highest BCUT2D eigenvalue weighted by Gasteiger charge is 2.17. The molecule has 0 aliphatic heterocycles. The first kappa shape index (κ1) is 22.5. The molecule has 8 nitrogen and oxygen atoms in total. The van der Waals surface area contributed by atoms with Crippen molar-refractivity contribution in [2.24, 2.45) is 10.2 Å². The number of hydrogen-bond donors (Lipinski definition) is 2. The number of ether oxygens (including phenoxy) is 1. The minimum Gasteiger partial charge on any atom is -0.497 e. The van der Waals surface area contributed by atoms with Crippen LogP contribution in [0, 0.1) is 0 Å². The van der Waals surface area contributed by atoms with Crippen LogP contribution in [-0.2, 0) is 11.3 Å². The Labute approximate surface area is 188 Å². The predicted octanol–water partition coefficient (Wildman–Crippen LogP) is 4.96. The Balaban J connectivity index is 1.71. The number of hydrogen-bond acceptors (Lipinski definition) is 5. The molecule has 0 atom stereocenters. The van der Waals surface area contributed by atoms with Gasteiger partial charge in [-0.1, -0.05) is 19.1 Å². The zero-order valence-corrected chi connectivity index (χ0v) is 18.8. The second kappa shape index (κ2) is 10.2. The van der Waals surface area contributed by atoms with Gasteiger partial charge >= 0.3 is 0 Å². The van der Waals surface area contributed by atoms with Gasteiger partial charge in [0, 0.05) is 29.4 Å². The van der Waals surface area contributed by atoms with Crippen LogP contribution in [0.15, 0.2) is 57.2 Å². The van der Waals surface area contributed by atoms with Crippen molar-refractivity contribution >= 4 is 44.3 Å². The number of methoxy groups -OCH3 is 1. The van der Waals surface area contributed by atoms with Gasteiger partial charge in [0.1, 0.15) is 5.75 Å². The van der Waals surface area contributed by atoms with Crippen molar-refractivity contribution in [2.75, 3.05) is 13.7 Å². The maximum Gasteiger partial charge on any atom is 0.266 e. The number of benzene rings is 2. The summed E-state index contributed by atoms with van der Waals surface area (Å²) in [5.74, 6) is -0.238.